The van der Waals surface area contributed by atoms with Crippen molar-refractivity contribution < 1.29 is 14.3 Å². The van der Waals surface area contributed by atoms with Crippen LogP contribution in [0.4, 0.5) is 0 Å². The van der Waals surface area contributed by atoms with Gasteiger partial charge in [-0.1, -0.05) is 0 Å². The first-order chi connectivity index (χ1) is 8.74. The maximum atomic E-state index is 11.3. The van der Waals surface area contributed by atoms with Gasteiger partial charge in [-0.2, -0.15) is 0 Å². The Bertz CT molecular complexity index is 531. The minimum absolute atomic E-state index is 0.364. The van der Waals surface area contributed by atoms with Crippen molar-refractivity contribution in [2.24, 2.45) is 0 Å². The summed E-state index contributed by atoms with van der Waals surface area (Å²) >= 11 is 0. The van der Waals surface area contributed by atoms with Crippen LogP contribution in [-0.2, 0) is 11.3 Å². The summed E-state index contributed by atoms with van der Waals surface area (Å²) in [5, 5.41) is 0. The summed E-state index contributed by atoms with van der Waals surface area (Å²) in [6.45, 7) is 2.80. The van der Waals surface area contributed by atoms with Crippen molar-refractivity contribution in [3.8, 4) is 11.8 Å². The monoisotopic (exact) mass is 246 g/mol. The van der Waals surface area contributed by atoms with E-state index in [2.05, 4.69) is 9.72 Å². The van der Waals surface area contributed by atoms with Gasteiger partial charge in [-0.25, -0.2) is 9.78 Å². The van der Waals surface area contributed by atoms with Crippen molar-refractivity contribution in [1.82, 2.24) is 9.55 Å². The quantitative estimate of drug-likeness (QED) is 0.778. The van der Waals surface area contributed by atoms with Gasteiger partial charge in [0.2, 0.25) is 0 Å². The fourth-order valence-corrected chi connectivity index (χ4v) is 1.52. The molecular weight excluding hydrogens is 232 g/mol. The molecule has 0 fully saturated rings. The average molecular weight is 246 g/mol. The molecule has 0 bridgehead atoms. The Labute approximate surface area is 105 Å². The van der Waals surface area contributed by atoms with Crippen molar-refractivity contribution in [2.45, 2.75) is 13.5 Å². The molecule has 5 nitrogen and oxygen atoms in total. The third-order valence-corrected chi connectivity index (χ3v) is 2.50. The second-order valence-electron chi connectivity index (χ2n) is 3.61. The van der Waals surface area contributed by atoms with Gasteiger partial charge in [0.15, 0.2) is 0 Å². The van der Waals surface area contributed by atoms with Crippen LogP contribution in [0.5, 0.6) is 11.8 Å². The molecular formula is C13H14N2O3. The van der Waals surface area contributed by atoms with Crippen molar-refractivity contribution in [3.05, 3.63) is 42.2 Å². The van der Waals surface area contributed by atoms with E-state index in [4.69, 9.17) is 4.74 Å². The molecule has 0 spiro atoms. The molecule has 0 aliphatic heterocycles. The van der Waals surface area contributed by atoms with Crippen LogP contribution >= 0.6 is 0 Å². The van der Waals surface area contributed by atoms with Crippen LogP contribution in [0.3, 0.4) is 0 Å². The minimum Gasteiger partial charge on any atom is -0.465 e. The number of benzene rings is 1. The number of esters is 1. The molecule has 2 aromatic rings. The molecule has 0 radical (unpaired) electrons. The summed E-state index contributed by atoms with van der Waals surface area (Å²) in [6, 6.07) is 7.26. The van der Waals surface area contributed by atoms with E-state index < -0.39 is 0 Å². The molecule has 0 aliphatic carbocycles. The largest absolute Gasteiger partial charge is 0.465 e. The summed E-state index contributed by atoms with van der Waals surface area (Å²) in [7, 11) is 1.35. The first-order valence-electron chi connectivity index (χ1n) is 5.62. The lowest BCUT2D eigenvalue weighted by molar-refractivity contribution is 0.0600. The van der Waals surface area contributed by atoms with Crippen molar-refractivity contribution in [1.29, 1.82) is 0 Å². The van der Waals surface area contributed by atoms with Gasteiger partial charge < -0.3 is 14.0 Å². The highest BCUT2D eigenvalue weighted by molar-refractivity contribution is 5.89. The van der Waals surface area contributed by atoms with Crippen LogP contribution in [0.15, 0.2) is 36.7 Å². The zero-order valence-corrected chi connectivity index (χ0v) is 10.3. The number of hydrogen-bond donors (Lipinski definition) is 0. The smallest absolute Gasteiger partial charge is 0.337 e. The number of carbonyl (C=O) groups is 1. The summed E-state index contributed by atoms with van der Waals surface area (Å²) in [4.78, 5) is 15.4. The Morgan fingerprint density at radius 2 is 2.06 bits per heavy atom. The molecule has 5 heteroatoms. The number of aryl methyl sites for hydroxylation is 1. The molecule has 0 amide bonds. The van der Waals surface area contributed by atoms with E-state index in [1.807, 2.05) is 17.7 Å². The summed E-state index contributed by atoms with van der Waals surface area (Å²) in [6.07, 6.45) is 3.53. The van der Waals surface area contributed by atoms with Crippen LogP contribution in [0.1, 0.15) is 17.3 Å². The lowest BCUT2D eigenvalue weighted by Crippen LogP contribution is -2.01. The Balaban J connectivity index is 2.13. The Kier molecular flexibility index (Phi) is 3.62. The van der Waals surface area contributed by atoms with Crippen molar-refractivity contribution in [2.75, 3.05) is 7.11 Å². The number of nitrogens with zero attached hydrogens (tertiary/aromatic N) is 2. The Morgan fingerprint density at radius 1 is 1.33 bits per heavy atom. The third kappa shape index (κ3) is 2.51. The fraction of sp³-hybridized carbons (Fsp3) is 0.231. The van der Waals surface area contributed by atoms with Gasteiger partial charge in [0, 0.05) is 18.9 Å². The summed E-state index contributed by atoms with van der Waals surface area (Å²) in [5.74, 6) is 0.264. The van der Waals surface area contributed by atoms with Gasteiger partial charge in [-0.15, -0.1) is 0 Å². The van der Waals surface area contributed by atoms with E-state index in [-0.39, 0.29) is 5.97 Å². The molecule has 0 saturated heterocycles. The average Bonchev–Trinajstić information content (AvgIpc) is 2.86. The van der Waals surface area contributed by atoms with E-state index in [1.54, 1.807) is 30.5 Å². The van der Waals surface area contributed by atoms with Crippen molar-refractivity contribution >= 4 is 5.97 Å². The number of methoxy groups -OCH3 is 1. The molecule has 1 aromatic carbocycles. The SMILES string of the molecule is CCn1ccnc1Oc1ccc(C(=O)OC)cc1. The number of carbonyl (C=O) groups excluding carboxylic acids is 1. The van der Waals surface area contributed by atoms with Crippen LogP contribution in [-0.4, -0.2) is 22.6 Å². The lowest BCUT2D eigenvalue weighted by atomic mass is 10.2. The van der Waals surface area contributed by atoms with E-state index >= 15 is 0 Å². The van der Waals surface area contributed by atoms with Crippen LogP contribution in [0.2, 0.25) is 0 Å². The minimum atomic E-state index is -0.364. The van der Waals surface area contributed by atoms with Crippen molar-refractivity contribution in [3.63, 3.8) is 0 Å². The number of rotatable bonds is 4. The van der Waals surface area contributed by atoms with Crippen LogP contribution in [0.25, 0.3) is 0 Å². The first kappa shape index (κ1) is 12.2. The van der Waals surface area contributed by atoms with Crippen LogP contribution in [0, 0.1) is 0 Å². The zero-order chi connectivity index (χ0) is 13.0. The van der Waals surface area contributed by atoms with Crippen LogP contribution < -0.4 is 4.74 Å². The lowest BCUT2D eigenvalue weighted by Gasteiger charge is -2.07. The second-order valence-corrected chi connectivity index (χ2v) is 3.61. The van der Waals surface area contributed by atoms with E-state index in [1.165, 1.54) is 7.11 Å². The Morgan fingerprint density at radius 3 is 2.67 bits per heavy atom. The number of ether oxygens (including phenoxy) is 2. The standard InChI is InChI=1S/C13H14N2O3/c1-3-15-9-8-14-13(15)18-11-6-4-10(5-7-11)12(16)17-2/h4-9H,3H2,1-2H3. The summed E-state index contributed by atoms with van der Waals surface area (Å²) in [5.41, 5.74) is 0.490. The van der Waals surface area contributed by atoms with Gasteiger partial charge in [-0.05, 0) is 31.2 Å². The van der Waals surface area contributed by atoms with Gasteiger partial charge in [-0.3, -0.25) is 0 Å². The second kappa shape index (κ2) is 5.35. The van der Waals surface area contributed by atoms with Gasteiger partial charge >= 0.3 is 12.0 Å². The van der Waals surface area contributed by atoms with E-state index in [0.717, 1.165) is 6.54 Å². The Hall–Kier alpha value is -2.30. The molecule has 94 valence electrons. The maximum absolute atomic E-state index is 11.3. The highest BCUT2D eigenvalue weighted by atomic mass is 16.5. The van der Waals surface area contributed by atoms with E-state index in [9.17, 15) is 4.79 Å². The number of aromatic nitrogens is 2. The number of imidazole rings is 1. The van der Waals surface area contributed by atoms with E-state index in [0.29, 0.717) is 17.3 Å². The molecule has 18 heavy (non-hydrogen) atoms. The molecule has 1 aromatic heterocycles. The zero-order valence-electron chi connectivity index (χ0n) is 10.3. The number of hydrogen-bond acceptors (Lipinski definition) is 4. The van der Waals surface area contributed by atoms with Gasteiger partial charge in [0.05, 0.1) is 12.7 Å². The fourth-order valence-electron chi connectivity index (χ4n) is 1.52. The maximum Gasteiger partial charge on any atom is 0.337 e. The van der Waals surface area contributed by atoms with Gasteiger partial charge in [0.25, 0.3) is 0 Å². The molecule has 0 unspecified atom stereocenters. The molecule has 0 aliphatic rings. The predicted molar refractivity (Wildman–Crippen MR) is 65.8 cm³/mol. The molecule has 0 N–H and O–H groups in total. The molecule has 1 heterocycles. The molecule has 0 saturated carbocycles. The normalized spacial score (nSPS) is 10.1. The summed E-state index contributed by atoms with van der Waals surface area (Å²) < 4.78 is 12.1. The predicted octanol–water partition coefficient (Wildman–Crippen LogP) is 2.48. The molecule has 2 rings (SSSR count). The first-order valence-corrected chi connectivity index (χ1v) is 5.62. The van der Waals surface area contributed by atoms with Gasteiger partial charge in [0.1, 0.15) is 5.75 Å². The highest BCUT2D eigenvalue weighted by Gasteiger charge is 2.07. The third-order valence-electron chi connectivity index (χ3n) is 2.50. The highest BCUT2D eigenvalue weighted by Crippen LogP contribution is 2.20. The topological polar surface area (TPSA) is 53.4 Å². The molecule has 0 atom stereocenters.